The van der Waals surface area contributed by atoms with Crippen LogP contribution in [0.1, 0.15) is 24.4 Å². The van der Waals surface area contributed by atoms with E-state index in [0.717, 1.165) is 11.3 Å². The zero-order chi connectivity index (χ0) is 18.1. The number of rotatable bonds is 5. The van der Waals surface area contributed by atoms with Gasteiger partial charge in [0.05, 0.1) is 6.54 Å². The maximum Gasteiger partial charge on any atom is 0.231 e. The molecule has 0 fully saturated rings. The van der Waals surface area contributed by atoms with Gasteiger partial charge in [-0.2, -0.15) is 5.10 Å². The van der Waals surface area contributed by atoms with E-state index in [2.05, 4.69) is 10.2 Å². The quantitative estimate of drug-likeness (QED) is 0.650. The van der Waals surface area contributed by atoms with Gasteiger partial charge in [0.25, 0.3) is 0 Å². The molecule has 0 bridgehead atoms. The third-order valence-electron chi connectivity index (χ3n) is 4.06. The SMILES string of the molecule is C[C@@H](Oc1ccc2c(c1)OCO2)c1n[nH]c(=S)n1Cc1ccc(Cl)cc1. The molecule has 26 heavy (non-hydrogen) atoms. The smallest absolute Gasteiger partial charge is 0.231 e. The van der Waals surface area contributed by atoms with Crippen LogP contribution in [0.3, 0.4) is 0 Å². The van der Waals surface area contributed by atoms with Crippen LogP contribution < -0.4 is 14.2 Å². The van der Waals surface area contributed by atoms with Crippen molar-refractivity contribution in [2.75, 3.05) is 6.79 Å². The molecule has 2 aromatic carbocycles. The van der Waals surface area contributed by atoms with Gasteiger partial charge in [-0.3, -0.25) is 9.67 Å². The van der Waals surface area contributed by atoms with Crippen LogP contribution in [0.2, 0.25) is 5.02 Å². The van der Waals surface area contributed by atoms with E-state index in [4.69, 9.17) is 38.0 Å². The maximum absolute atomic E-state index is 6.03. The summed E-state index contributed by atoms with van der Waals surface area (Å²) in [5.74, 6) is 2.78. The van der Waals surface area contributed by atoms with E-state index in [1.807, 2.05) is 54.0 Å². The standard InChI is InChI=1S/C18H16ClN3O3S/c1-11(25-14-6-7-15-16(8-14)24-10-23-15)17-20-21-18(26)22(17)9-12-2-4-13(19)5-3-12/h2-8,11H,9-10H2,1H3,(H,21,26)/t11-/m1/s1. The van der Waals surface area contributed by atoms with Gasteiger partial charge < -0.3 is 14.2 Å². The summed E-state index contributed by atoms with van der Waals surface area (Å²) in [7, 11) is 0. The van der Waals surface area contributed by atoms with Gasteiger partial charge in [-0.1, -0.05) is 23.7 Å². The van der Waals surface area contributed by atoms with Crippen molar-refractivity contribution in [1.29, 1.82) is 0 Å². The van der Waals surface area contributed by atoms with E-state index in [1.165, 1.54) is 0 Å². The molecule has 1 atom stereocenters. The van der Waals surface area contributed by atoms with Gasteiger partial charge in [0, 0.05) is 11.1 Å². The molecule has 1 aliphatic rings. The fourth-order valence-corrected chi connectivity index (χ4v) is 3.10. The number of hydrogen-bond donors (Lipinski definition) is 1. The second-order valence-electron chi connectivity index (χ2n) is 5.87. The van der Waals surface area contributed by atoms with Crippen LogP contribution in [-0.4, -0.2) is 21.6 Å². The van der Waals surface area contributed by atoms with Crippen LogP contribution >= 0.6 is 23.8 Å². The molecule has 0 saturated carbocycles. The third-order valence-corrected chi connectivity index (χ3v) is 4.63. The third kappa shape index (κ3) is 3.40. The highest BCUT2D eigenvalue weighted by Crippen LogP contribution is 2.36. The molecule has 8 heteroatoms. The maximum atomic E-state index is 6.03. The Balaban J connectivity index is 1.55. The molecule has 0 aliphatic carbocycles. The fraction of sp³-hybridized carbons (Fsp3) is 0.222. The summed E-state index contributed by atoms with van der Waals surface area (Å²) < 4.78 is 19.2. The highest BCUT2D eigenvalue weighted by molar-refractivity contribution is 7.71. The van der Waals surface area contributed by atoms with Crippen molar-refractivity contribution in [2.24, 2.45) is 0 Å². The molecule has 134 valence electrons. The Bertz CT molecular complexity index is 984. The number of nitrogens with zero attached hydrogens (tertiary/aromatic N) is 2. The minimum atomic E-state index is -0.310. The molecule has 1 N–H and O–H groups in total. The fourth-order valence-electron chi connectivity index (χ4n) is 2.77. The lowest BCUT2D eigenvalue weighted by Gasteiger charge is -2.16. The van der Waals surface area contributed by atoms with Crippen LogP contribution in [0.25, 0.3) is 0 Å². The molecule has 0 unspecified atom stereocenters. The van der Waals surface area contributed by atoms with Crippen molar-refractivity contribution < 1.29 is 14.2 Å². The Hall–Kier alpha value is -2.51. The average Bonchev–Trinajstić information content (AvgIpc) is 3.23. The average molecular weight is 390 g/mol. The van der Waals surface area contributed by atoms with Gasteiger partial charge in [-0.05, 0) is 49.0 Å². The zero-order valence-corrected chi connectivity index (χ0v) is 15.5. The first-order chi connectivity index (χ1) is 12.6. The van der Waals surface area contributed by atoms with E-state index in [-0.39, 0.29) is 12.9 Å². The molecule has 0 radical (unpaired) electrons. The summed E-state index contributed by atoms with van der Waals surface area (Å²) in [6.07, 6.45) is -0.310. The molecule has 0 amide bonds. The van der Waals surface area contributed by atoms with E-state index in [0.29, 0.717) is 33.7 Å². The summed E-state index contributed by atoms with van der Waals surface area (Å²) in [4.78, 5) is 0. The number of ether oxygens (including phenoxy) is 3. The summed E-state index contributed by atoms with van der Waals surface area (Å²) in [5.41, 5.74) is 1.07. The number of hydrogen-bond acceptors (Lipinski definition) is 5. The Morgan fingerprint density at radius 1 is 1.23 bits per heavy atom. The largest absolute Gasteiger partial charge is 0.483 e. The monoisotopic (exact) mass is 389 g/mol. The highest BCUT2D eigenvalue weighted by atomic mass is 35.5. The molecule has 1 aromatic heterocycles. The van der Waals surface area contributed by atoms with Crippen LogP contribution in [0.4, 0.5) is 0 Å². The van der Waals surface area contributed by atoms with Crippen molar-refractivity contribution in [3.05, 3.63) is 63.6 Å². The lowest BCUT2D eigenvalue weighted by atomic mass is 10.2. The Kier molecular flexibility index (Phi) is 4.57. The Morgan fingerprint density at radius 3 is 2.81 bits per heavy atom. The molecule has 3 aromatic rings. The molecule has 0 spiro atoms. The van der Waals surface area contributed by atoms with E-state index in [1.54, 1.807) is 0 Å². The van der Waals surface area contributed by atoms with E-state index >= 15 is 0 Å². The lowest BCUT2D eigenvalue weighted by Crippen LogP contribution is -2.13. The van der Waals surface area contributed by atoms with Gasteiger partial charge in [-0.25, -0.2) is 0 Å². The first-order valence-corrected chi connectivity index (χ1v) is 8.84. The van der Waals surface area contributed by atoms with Crippen LogP contribution in [0.15, 0.2) is 42.5 Å². The van der Waals surface area contributed by atoms with E-state index < -0.39 is 0 Å². The van der Waals surface area contributed by atoms with Gasteiger partial charge in [-0.15, -0.1) is 0 Å². The number of benzene rings is 2. The van der Waals surface area contributed by atoms with Crippen molar-refractivity contribution in [1.82, 2.24) is 14.8 Å². The summed E-state index contributed by atoms with van der Waals surface area (Å²) >= 11 is 11.3. The zero-order valence-electron chi connectivity index (χ0n) is 13.9. The number of nitrogens with one attached hydrogen (secondary N) is 1. The van der Waals surface area contributed by atoms with E-state index in [9.17, 15) is 0 Å². The van der Waals surface area contributed by atoms with Gasteiger partial charge in [0.2, 0.25) is 6.79 Å². The summed E-state index contributed by atoms with van der Waals surface area (Å²) in [5, 5.41) is 7.88. The second kappa shape index (κ2) is 7.01. The minimum absolute atomic E-state index is 0.230. The molecule has 1 aliphatic heterocycles. The first kappa shape index (κ1) is 16.9. The Morgan fingerprint density at radius 2 is 2.00 bits per heavy atom. The highest BCUT2D eigenvalue weighted by Gasteiger charge is 2.19. The molecule has 6 nitrogen and oxygen atoms in total. The summed E-state index contributed by atoms with van der Waals surface area (Å²) in [6.45, 7) is 2.73. The van der Waals surface area contributed by atoms with Crippen LogP contribution in [0.5, 0.6) is 17.2 Å². The normalized spacial score (nSPS) is 13.6. The van der Waals surface area contributed by atoms with Crippen molar-refractivity contribution in [2.45, 2.75) is 19.6 Å². The molecule has 2 heterocycles. The van der Waals surface area contributed by atoms with Crippen molar-refractivity contribution >= 4 is 23.8 Å². The first-order valence-electron chi connectivity index (χ1n) is 8.06. The predicted octanol–water partition coefficient (Wildman–Crippen LogP) is 4.51. The predicted molar refractivity (Wildman–Crippen MR) is 99.6 cm³/mol. The van der Waals surface area contributed by atoms with Gasteiger partial charge >= 0.3 is 0 Å². The minimum Gasteiger partial charge on any atom is -0.483 e. The topological polar surface area (TPSA) is 61.3 Å². The number of fused-ring (bicyclic) bond motifs is 1. The number of halogens is 1. The second-order valence-corrected chi connectivity index (χ2v) is 6.70. The molecule has 4 rings (SSSR count). The van der Waals surface area contributed by atoms with Crippen molar-refractivity contribution in [3.63, 3.8) is 0 Å². The number of aromatic nitrogens is 3. The molecular formula is C18H16ClN3O3S. The number of H-pyrrole nitrogens is 1. The van der Waals surface area contributed by atoms with Gasteiger partial charge in [0.15, 0.2) is 28.2 Å². The summed E-state index contributed by atoms with van der Waals surface area (Å²) in [6, 6.07) is 13.1. The molecular weight excluding hydrogens is 374 g/mol. The molecule has 0 saturated heterocycles. The number of aromatic amines is 1. The van der Waals surface area contributed by atoms with Crippen molar-refractivity contribution in [3.8, 4) is 17.2 Å². The van der Waals surface area contributed by atoms with Crippen LogP contribution in [0, 0.1) is 4.77 Å². The Labute approximate surface area is 160 Å². The van der Waals surface area contributed by atoms with Crippen LogP contribution in [-0.2, 0) is 6.54 Å². The lowest BCUT2D eigenvalue weighted by molar-refractivity contribution is 0.173. The van der Waals surface area contributed by atoms with Gasteiger partial charge in [0.1, 0.15) is 5.75 Å².